The van der Waals surface area contributed by atoms with E-state index in [9.17, 15) is 4.79 Å². The third-order valence-corrected chi connectivity index (χ3v) is 9.69. The zero-order valence-corrected chi connectivity index (χ0v) is 29.6. The predicted molar refractivity (Wildman–Crippen MR) is 197 cm³/mol. The molecule has 0 spiro atoms. The highest BCUT2D eigenvalue weighted by Crippen LogP contribution is 2.41. The van der Waals surface area contributed by atoms with Crippen LogP contribution in [0.1, 0.15) is 133 Å². The maximum atomic E-state index is 12.8. The standard InChI is InChI=1S/C43H61NO4/c1-2-3-4-5-6-7-8-9-10-11-12-13-14-15-25-34-44-42(45)48-40-33-26-35-46-41(40)36-47-43(37-27-19-16-20-28-37,38-29-21-17-22-30-38)39-31-23-18-24-32-39/h16-24,27-32,40-41H,2-15,25-26,33-36H2,1H3,(H,44,45)/t40-,41+/m0/s1. The summed E-state index contributed by atoms with van der Waals surface area (Å²) in [6.45, 7) is 3.84. The van der Waals surface area contributed by atoms with E-state index in [4.69, 9.17) is 14.2 Å². The van der Waals surface area contributed by atoms with Gasteiger partial charge in [0.05, 0.1) is 6.61 Å². The first-order valence-electron chi connectivity index (χ1n) is 19.1. The number of amides is 1. The second kappa shape index (κ2) is 22.5. The molecule has 3 aromatic carbocycles. The molecule has 1 amide bonds. The van der Waals surface area contributed by atoms with Crippen molar-refractivity contribution >= 4 is 6.09 Å². The second-order valence-corrected chi connectivity index (χ2v) is 13.5. The van der Waals surface area contributed by atoms with Crippen LogP contribution in [0.4, 0.5) is 4.79 Å². The van der Waals surface area contributed by atoms with Crippen LogP contribution in [-0.2, 0) is 19.8 Å². The number of rotatable bonds is 23. The van der Waals surface area contributed by atoms with Gasteiger partial charge in [0.1, 0.15) is 17.8 Å². The summed E-state index contributed by atoms with van der Waals surface area (Å²) in [5, 5.41) is 2.99. The lowest BCUT2D eigenvalue weighted by molar-refractivity contribution is -0.129. The zero-order chi connectivity index (χ0) is 33.5. The topological polar surface area (TPSA) is 56.8 Å². The number of hydrogen-bond donors (Lipinski definition) is 1. The largest absolute Gasteiger partial charge is 0.443 e. The van der Waals surface area contributed by atoms with Gasteiger partial charge in [0.15, 0.2) is 0 Å². The molecule has 1 N–H and O–H groups in total. The Hall–Kier alpha value is -3.15. The molecule has 1 aliphatic rings. The summed E-state index contributed by atoms with van der Waals surface area (Å²) in [7, 11) is 0. The van der Waals surface area contributed by atoms with Crippen LogP contribution in [0.2, 0.25) is 0 Å². The highest BCUT2D eigenvalue weighted by atomic mass is 16.6. The minimum Gasteiger partial charge on any atom is -0.443 e. The number of carbonyl (C=O) groups excluding carboxylic acids is 1. The van der Waals surface area contributed by atoms with Crippen LogP contribution in [0.3, 0.4) is 0 Å². The molecule has 0 radical (unpaired) electrons. The van der Waals surface area contributed by atoms with Gasteiger partial charge in [-0.2, -0.15) is 0 Å². The minimum absolute atomic E-state index is 0.287. The van der Waals surface area contributed by atoms with E-state index >= 15 is 0 Å². The first-order valence-corrected chi connectivity index (χ1v) is 19.1. The molecule has 1 aliphatic heterocycles. The van der Waals surface area contributed by atoms with E-state index in [-0.39, 0.29) is 24.9 Å². The van der Waals surface area contributed by atoms with Gasteiger partial charge in [0.2, 0.25) is 0 Å². The van der Waals surface area contributed by atoms with E-state index in [0.29, 0.717) is 13.2 Å². The summed E-state index contributed by atoms with van der Waals surface area (Å²) >= 11 is 0. The molecule has 0 aliphatic carbocycles. The first kappa shape index (κ1) is 37.7. The Bertz CT molecular complexity index is 1140. The molecule has 0 saturated carbocycles. The number of alkyl carbamates (subject to hydrolysis) is 1. The molecule has 4 rings (SSSR count). The number of ether oxygens (including phenoxy) is 3. The third kappa shape index (κ3) is 12.4. The van der Waals surface area contributed by atoms with Crippen LogP contribution in [0.5, 0.6) is 0 Å². The molecule has 48 heavy (non-hydrogen) atoms. The molecule has 5 heteroatoms. The normalized spacial score (nSPS) is 16.4. The predicted octanol–water partition coefficient (Wildman–Crippen LogP) is 11.1. The molecule has 1 fully saturated rings. The molecule has 262 valence electrons. The summed E-state index contributed by atoms with van der Waals surface area (Å²) in [5.74, 6) is 0. The Morgan fingerprint density at radius 1 is 0.667 bits per heavy atom. The van der Waals surface area contributed by atoms with Crippen molar-refractivity contribution in [1.82, 2.24) is 5.32 Å². The smallest absolute Gasteiger partial charge is 0.407 e. The van der Waals surface area contributed by atoms with Crippen LogP contribution in [0.25, 0.3) is 0 Å². The molecular formula is C43H61NO4. The van der Waals surface area contributed by atoms with Crippen molar-refractivity contribution < 1.29 is 19.0 Å². The third-order valence-electron chi connectivity index (χ3n) is 9.69. The van der Waals surface area contributed by atoms with E-state index in [1.54, 1.807) is 0 Å². The molecular weight excluding hydrogens is 594 g/mol. The summed E-state index contributed by atoms with van der Waals surface area (Å²) in [4.78, 5) is 12.8. The lowest BCUT2D eigenvalue weighted by atomic mass is 9.80. The molecule has 1 heterocycles. The van der Waals surface area contributed by atoms with Gasteiger partial charge in [-0.3, -0.25) is 0 Å². The van der Waals surface area contributed by atoms with Crippen molar-refractivity contribution in [3.05, 3.63) is 108 Å². The molecule has 1 saturated heterocycles. The van der Waals surface area contributed by atoms with Gasteiger partial charge >= 0.3 is 6.09 Å². The first-order chi connectivity index (χ1) is 23.7. The number of benzene rings is 3. The van der Waals surface area contributed by atoms with Crippen LogP contribution >= 0.6 is 0 Å². The van der Waals surface area contributed by atoms with Gasteiger partial charge in [-0.15, -0.1) is 0 Å². The van der Waals surface area contributed by atoms with Crippen molar-refractivity contribution in [2.45, 2.75) is 134 Å². The zero-order valence-electron chi connectivity index (χ0n) is 29.6. The fourth-order valence-corrected chi connectivity index (χ4v) is 6.94. The fraction of sp³-hybridized carbons (Fsp3) is 0.558. The quantitative estimate of drug-likeness (QED) is 0.0816. The maximum absolute atomic E-state index is 12.8. The van der Waals surface area contributed by atoms with Gasteiger partial charge in [0, 0.05) is 13.2 Å². The molecule has 3 aromatic rings. The number of nitrogens with one attached hydrogen (secondary N) is 1. The number of unbranched alkanes of at least 4 members (excludes halogenated alkanes) is 14. The van der Waals surface area contributed by atoms with Crippen LogP contribution < -0.4 is 5.32 Å². The molecule has 0 unspecified atom stereocenters. The van der Waals surface area contributed by atoms with E-state index < -0.39 is 5.60 Å². The average Bonchev–Trinajstić information content (AvgIpc) is 3.13. The van der Waals surface area contributed by atoms with E-state index in [1.807, 2.05) is 54.6 Å². The Morgan fingerprint density at radius 3 is 1.56 bits per heavy atom. The van der Waals surface area contributed by atoms with Gasteiger partial charge in [-0.25, -0.2) is 4.79 Å². The van der Waals surface area contributed by atoms with Crippen molar-refractivity contribution in [3.8, 4) is 0 Å². The Balaban J connectivity index is 1.19. The average molecular weight is 656 g/mol. The molecule has 0 bridgehead atoms. The lowest BCUT2D eigenvalue weighted by Gasteiger charge is -2.39. The summed E-state index contributed by atoms with van der Waals surface area (Å²) in [6, 6.07) is 31.0. The number of carbonyl (C=O) groups is 1. The van der Waals surface area contributed by atoms with Crippen molar-refractivity contribution in [1.29, 1.82) is 0 Å². The van der Waals surface area contributed by atoms with Gasteiger partial charge in [-0.1, -0.05) is 188 Å². The second-order valence-electron chi connectivity index (χ2n) is 13.5. The van der Waals surface area contributed by atoms with Gasteiger partial charge < -0.3 is 19.5 Å². The van der Waals surface area contributed by atoms with Crippen molar-refractivity contribution in [3.63, 3.8) is 0 Å². The number of hydrogen-bond acceptors (Lipinski definition) is 4. The van der Waals surface area contributed by atoms with E-state index in [1.165, 1.54) is 83.5 Å². The van der Waals surface area contributed by atoms with Crippen LogP contribution in [0.15, 0.2) is 91.0 Å². The summed E-state index contributed by atoms with van der Waals surface area (Å²) in [5.41, 5.74) is 2.27. The lowest BCUT2D eigenvalue weighted by Crippen LogP contribution is -2.45. The Kier molecular flexibility index (Phi) is 17.6. The van der Waals surface area contributed by atoms with Crippen LogP contribution in [0, 0.1) is 0 Å². The summed E-state index contributed by atoms with van der Waals surface area (Å²) < 4.78 is 19.2. The SMILES string of the molecule is CCCCCCCCCCCCCCCCCNC(=O)O[C@H]1CCCO[C@@H]1COC(c1ccccc1)(c1ccccc1)c1ccccc1. The monoisotopic (exact) mass is 655 g/mol. The van der Waals surface area contributed by atoms with Crippen molar-refractivity contribution in [2.24, 2.45) is 0 Å². The van der Waals surface area contributed by atoms with E-state index in [2.05, 4.69) is 48.6 Å². The van der Waals surface area contributed by atoms with Crippen LogP contribution in [-0.4, -0.2) is 38.1 Å². The maximum Gasteiger partial charge on any atom is 0.407 e. The highest BCUT2D eigenvalue weighted by molar-refractivity contribution is 5.67. The molecule has 5 nitrogen and oxygen atoms in total. The Morgan fingerprint density at radius 2 is 1.10 bits per heavy atom. The van der Waals surface area contributed by atoms with Gasteiger partial charge in [0.25, 0.3) is 0 Å². The fourth-order valence-electron chi connectivity index (χ4n) is 6.94. The van der Waals surface area contributed by atoms with Crippen molar-refractivity contribution in [2.75, 3.05) is 19.8 Å². The highest BCUT2D eigenvalue weighted by Gasteiger charge is 2.40. The van der Waals surface area contributed by atoms with E-state index in [0.717, 1.165) is 42.4 Å². The minimum atomic E-state index is -0.842. The van der Waals surface area contributed by atoms with Gasteiger partial charge in [-0.05, 0) is 36.0 Å². The Labute approximate surface area is 291 Å². The molecule has 2 atom stereocenters. The summed E-state index contributed by atoms with van der Waals surface area (Å²) in [6.07, 6.45) is 20.5. The molecule has 0 aromatic heterocycles.